The predicted molar refractivity (Wildman–Crippen MR) is 41.8 cm³/mol. The molecular formula is C5H12N2O2Si. The van der Waals surface area contributed by atoms with Crippen molar-refractivity contribution < 1.29 is 9.32 Å². The van der Waals surface area contributed by atoms with Crippen molar-refractivity contribution in [1.82, 2.24) is 5.48 Å². The lowest BCUT2D eigenvalue weighted by atomic mass is 10.4. The molecule has 0 aromatic heterocycles. The second-order valence-corrected chi connectivity index (χ2v) is 3.09. The van der Waals surface area contributed by atoms with Crippen LogP contribution in [0.2, 0.25) is 0 Å². The second-order valence-electron chi connectivity index (χ2n) is 2.06. The van der Waals surface area contributed by atoms with Crippen LogP contribution < -0.4 is 11.2 Å². The first kappa shape index (κ1) is 9.19. The molecule has 0 unspecified atom stereocenters. The predicted octanol–water partition coefficient (Wildman–Crippen LogP) is -0.406. The van der Waals surface area contributed by atoms with Gasteiger partial charge in [0.05, 0.1) is 0 Å². The number of primary amides is 1. The molecule has 0 aromatic rings. The Labute approximate surface area is 62.3 Å². The van der Waals surface area contributed by atoms with E-state index in [2.05, 4.69) is 5.48 Å². The minimum atomic E-state index is -0.753. The van der Waals surface area contributed by atoms with Gasteiger partial charge in [0.25, 0.3) is 0 Å². The highest BCUT2D eigenvalue weighted by atomic mass is 28.2. The molecule has 2 amide bonds. The fourth-order valence-electron chi connectivity index (χ4n) is 0.321. The summed E-state index contributed by atoms with van der Waals surface area (Å²) in [7, 11) is -0.753. The Hall–Kier alpha value is -0.813. The minimum absolute atomic E-state index is 0.644. The van der Waals surface area contributed by atoms with E-state index in [1.165, 1.54) is 5.57 Å². The van der Waals surface area contributed by atoms with Crippen molar-refractivity contribution in [3.63, 3.8) is 0 Å². The number of amides is 2. The van der Waals surface area contributed by atoms with E-state index < -0.39 is 15.8 Å². The fourth-order valence-corrected chi connectivity index (χ4v) is 0.963. The van der Waals surface area contributed by atoms with Gasteiger partial charge < -0.3 is 10.3 Å². The van der Waals surface area contributed by atoms with Crippen LogP contribution in [0.15, 0.2) is 11.3 Å². The zero-order chi connectivity index (χ0) is 7.98. The van der Waals surface area contributed by atoms with Crippen LogP contribution in [0.3, 0.4) is 0 Å². The topological polar surface area (TPSA) is 64.3 Å². The highest BCUT2D eigenvalue weighted by molar-refractivity contribution is 6.34. The number of nitrogens with one attached hydrogen (secondary N) is 1. The molecule has 0 saturated heterocycles. The minimum Gasteiger partial charge on any atom is -0.350 e. The lowest BCUT2D eigenvalue weighted by Crippen LogP contribution is -2.30. The molecule has 0 aliphatic carbocycles. The Morgan fingerprint density at radius 3 is 2.70 bits per heavy atom. The smallest absolute Gasteiger partial charge is 0.335 e. The average Bonchev–Trinajstić information content (AvgIpc) is 1.79. The highest BCUT2D eigenvalue weighted by Gasteiger charge is 1.87. The van der Waals surface area contributed by atoms with Crippen molar-refractivity contribution in [3.05, 3.63) is 11.3 Å². The Kier molecular flexibility index (Phi) is 4.60. The van der Waals surface area contributed by atoms with E-state index in [1.807, 2.05) is 19.5 Å². The lowest BCUT2D eigenvalue weighted by Gasteiger charge is -1.98. The molecule has 4 nitrogen and oxygen atoms in total. The number of rotatable bonds is 3. The largest absolute Gasteiger partial charge is 0.350 e. The third-order valence-corrected chi connectivity index (χ3v) is 2.04. The molecule has 0 radical (unpaired) electrons. The van der Waals surface area contributed by atoms with Gasteiger partial charge in [-0.1, -0.05) is 11.3 Å². The summed E-state index contributed by atoms with van der Waals surface area (Å²) in [5, 5.41) is 0. The summed E-state index contributed by atoms with van der Waals surface area (Å²) < 4.78 is 4.74. The van der Waals surface area contributed by atoms with E-state index >= 15 is 0 Å². The van der Waals surface area contributed by atoms with E-state index in [9.17, 15) is 4.79 Å². The first-order valence-electron chi connectivity index (χ1n) is 2.93. The van der Waals surface area contributed by atoms with Gasteiger partial charge in [-0.05, 0) is 13.8 Å². The normalized spacial score (nSPS) is 9.80. The van der Waals surface area contributed by atoms with Gasteiger partial charge in [-0.2, -0.15) is 0 Å². The van der Waals surface area contributed by atoms with Crippen molar-refractivity contribution in [2.24, 2.45) is 5.73 Å². The van der Waals surface area contributed by atoms with Gasteiger partial charge in [0.1, 0.15) is 0 Å². The quantitative estimate of drug-likeness (QED) is 0.335. The zero-order valence-electron chi connectivity index (χ0n) is 6.18. The van der Waals surface area contributed by atoms with Crippen molar-refractivity contribution >= 4 is 15.8 Å². The Balaban J connectivity index is 3.21. The number of carbonyl (C=O) groups excluding carboxylic acids is 1. The molecule has 0 saturated carbocycles. The van der Waals surface area contributed by atoms with Crippen LogP contribution in [0.1, 0.15) is 13.8 Å². The first-order chi connectivity index (χ1) is 4.63. The maximum atomic E-state index is 10.0. The Morgan fingerprint density at radius 1 is 1.70 bits per heavy atom. The molecular weight excluding hydrogens is 148 g/mol. The zero-order valence-corrected chi connectivity index (χ0v) is 7.59. The fraction of sp³-hybridized carbons (Fsp3) is 0.400. The van der Waals surface area contributed by atoms with E-state index in [-0.39, 0.29) is 0 Å². The molecule has 0 atom stereocenters. The standard InChI is InChI=1S/C5H12N2O2Si/c1-4(2)3-10-9-7-5(6)8/h3H,10H2,1-2H3,(H3,6,7,8). The monoisotopic (exact) mass is 160 g/mol. The van der Waals surface area contributed by atoms with Crippen molar-refractivity contribution in [2.45, 2.75) is 13.8 Å². The molecule has 0 aliphatic rings. The van der Waals surface area contributed by atoms with E-state index in [1.54, 1.807) is 0 Å². The molecule has 0 bridgehead atoms. The first-order valence-corrected chi connectivity index (χ1v) is 4.33. The Morgan fingerprint density at radius 2 is 2.30 bits per heavy atom. The number of hydroxylamine groups is 1. The summed E-state index contributed by atoms with van der Waals surface area (Å²) in [5.74, 6) is 0. The molecule has 0 aromatic carbocycles. The molecule has 0 fully saturated rings. The third-order valence-electron chi connectivity index (χ3n) is 0.748. The SMILES string of the molecule is CC(C)=C[SiH2]ONC(N)=O. The van der Waals surface area contributed by atoms with E-state index in [4.69, 9.17) is 10.3 Å². The second kappa shape index (κ2) is 5.01. The molecule has 10 heavy (non-hydrogen) atoms. The van der Waals surface area contributed by atoms with Crippen LogP contribution >= 0.6 is 0 Å². The Bertz CT molecular complexity index is 143. The summed E-state index contributed by atoms with van der Waals surface area (Å²) in [5.41, 5.74) is 9.95. The van der Waals surface area contributed by atoms with Crippen molar-refractivity contribution in [2.75, 3.05) is 0 Å². The maximum absolute atomic E-state index is 10.0. The van der Waals surface area contributed by atoms with Gasteiger partial charge in [0.2, 0.25) is 9.76 Å². The molecule has 0 spiro atoms. The van der Waals surface area contributed by atoms with E-state index in [0.717, 1.165) is 0 Å². The van der Waals surface area contributed by atoms with Gasteiger partial charge in [0, 0.05) is 0 Å². The molecule has 0 aliphatic heterocycles. The number of allylic oxidation sites excluding steroid dienone is 1. The van der Waals surface area contributed by atoms with Gasteiger partial charge in [-0.25, -0.2) is 10.3 Å². The number of hydrogen-bond donors (Lipinski definition) is 2. The highest BCUT2D eigenvalue weighted by Crippen LogP contribution is 1.84. The van der Waals surface area contributed by atoms with Crippen LogP contribution in [-0.4, -0.2) is 15.8 Å². The van der Waals surface area contributed by atoms with Crippen LogP contribution in [0.4, 0.5) is 4.79 Å². The van der Waals surface area contributed by atoms with Crippen molar-refractivity contribution in [1.29, 1.82) is 0 Å². The summed E-state index contributed by atoms with van der Waals surface area (Å²) >= 11 is 0. The third kappa shape index (κ3) is 7.19. The maximum Gasteiger partial charge on any atom is 0.335 e. The van der Waals surface area contributed by atoms with Gasteiger partial charge in [-0.3, -0.25) is 0 Å². The van der Waals surface area contributed by atoms with E-state index in [0.29, 0.717) is 0 Å². The number of hydrogen-bond acceptors (Lipinski definition) is 2. The number of urea groups is 1. The van der Waals surface area contributed by atoms with Crippen LogP contribution in [0, 0.1) is 0 Å². The lowest BCUT2D eigenvalue weighted by molar-refractivity contribution is 0.192. The molecule has 5 heteroatoms. The molecule has 3 N–H and O–H groups in total. The summed E-state index contributed by atoms with van der Waals surface area (Å²) in [4.78, 5) is 10.0. The summed E-state index contributed by atoms with van der Waals surface area (Å²) in [6, 6.07) is -0.644. The van der Waals surface area contributed by atoms with Crippen LogP contribution in [-0.2, 0) is 4.53 Å². The summed E-state index contributed by atoms with van der Waals surface area (Å²) in [6.07, 6.45) is 0. The van der Waals surface area contributed by atoms with Gasteiger partial charge in [0.15, 0.2) is 0 Å². The van der Waals surface area contributed by atoms with Gasteiger partial charge in [-0.15, -0.1) is 0 Å². The molecule has 58 valence electrons. The molecule has 0 heterocycles. The van der Waals surface area contributed by atoms with Gasteiger partial charge >= 0.3 is 6.03 Å². The summed E-state index contributed by atoms with van der Waals surface area (Å²) in [6.45, 7) is 3.95. The van der Waals surface area contributed by atoms with Crippen LogP contribution in [0.25, 0.3) is 0 Å². The average molecular weight is 160 g/mol. The van der Waals surface area contributed by atoms with Crippen LogP contribution in [0.5, 0.6) is 0 Å². The van der Waals surface area contributed by atoms with Crippen molar-refractivity contribution in [3.8, 4) is 0 Å². The number of nitrogens with two attached hydrogens (primary N) is 1. The molecule has 0 rings (SSSR count). The number of carbonyl (C=O) groups is 1.